The molecule has 20 heavy (non-hydrogen) atoms. The van der Waals surface area contributed by atoms with E-state index in [0.717, 1.165) is 32.4 Å². The van der Waals surface area contributed by atoms with Gasteiger partial charge in [0.05, 0.1) is 18.8 Å². The zero-order valence-electron chi connectivity index (χ0n) is 12.4. The molecule has 2 rings (SSSR count). The van der Waals surface area contributed by atoms with E-state index < -0.39 is 0 Å². The monoisotopic (exact) mass is 283 g/mol. The van der Waals surface area contributed by atoms with E-state index in [1.165, 1.54) is 0 Å². The summed E-state index contributed by atoms with van der Waals surface area (Å²) >= 11 is 0. The molecule has 2 saturated heterocycles. The Morgan fingerprint density at radius 3 is 2.75 bits per heavy atom. The molecule has 0 spiro atoms. The third kappa shape index (κ3) is 4.45. The minimum Gasteiger partial charge on any atom is -0.373 e. The topological polar surface area (TPSA) is 70.7 Å². The molecule has 2 aliphatic heterocycles. The Balaban J connectivity index is 1.80. The molecule has 3 atom stereocenters. The molecule has 0 bridgehead atoms. The second-order valence-corrected chi connectivity index (χ2v) is 5.86. The number of carbonyl (C=O) groups excluding carboxylic acids is 2. The van der Waals surface area contributed by atoms with Crippen LogP contribution in [0, 0.1) is 0 Å². The van der Waals surface area contributed by atoms with Gasteiger partial charge >= 0.3 is 0 Å². The van der Waals surface area contributed by atoms with E-state index in [1.54, 1.807) is 0 Å². The van der Waals surface area contributed by atoms with Crippen molar-refractivity contribution < 1.29 is 14.3 Å². The lowest BCUT2D eigenvalue weighted by Crippen LogP contribution is -2.52. The molecule has 0 aromatic carbocycles. The van der Waals surface area contributed by atoms with Crippen LogP contribution in [0.2, 0.25) is 0 Å². The van der Waals surface area contributed by atoms with Gasteiger partial charge in [0.1, 0.15) is 6.04 Å². The lowest BCUT2D eigenvalue weighted by molar-refractivity contribution is -0.131. The normalized spacial score (nSPS) is 32.3. The van der Waals surface area contributed by atoms with Crippen LogP contribution in [-0.2, 0) is 14.3 Å². The second-order valence-electron chi connectivity index (χ2n) is 5.86. The van der Waals surface area contributed by atoms with Crippen LogP contribution in [0.3, 0.4) is 0 Å². The fraction of sp³-hybridized carbons (Fsp3) is 0.857. The first kappa shape index (κ1) is 15.3. The van der Waals surface area contributed by atoms with Crippen molar-refractivity contribution in [2.75, 3.05) is 26.2 Å². The van der Waals surface area contributed by atoms with Gasteiger partial charge in [0, 0.05) is 19.6 Å². The number of carbonyl (C=O) groups is 2. The summed E-state index contributed by atoms with van der Waals surface area (Å²) in [5.41, 5.74) is 0. The molecule has 2 fully saturated rings. The van der Waals surface area contributed by atoms with Crippen LogP contribution in [-0.4, -0.2) is 61.1 Å². The largest absolute Gasteiger partial charge is 0.373 e. The second kappa shape index (κ2) is 7.04. The van der Waals surface area contributed by atoms with E-state index in [-0.39, 0.29) is 30.1 Å². The van der Waals surface area contributed by atoms with Crippen LogP contribution in [0.25, 0.3) is 0 Å². The molecule has 2 aliphatic rings. The molecule has 2 N–H and O–H groups in total. The summed E-state index contributed by atoms with van der Waals surface area (Å²) in [6, 6.07) is -0.374. The maximum absolute atomic E-state index is 12.1. The zero-order chi connectivity index (χ0) is 14.5. The highest BCUT2D eigenvalue weighted by atomic mass is 16.5. The predicted molar refractivity (Wildman–Crippen MR) is 75.2 cm³/mol. The van der Waals surface area contributed by atoms with Crippen molar-refractivity contribution in [3.63, 3.8) is 0 Å². The lowest BCUT2D eigenvalue weighted by atomic mass is 10.1. The van der Waals surface area contributed by atoms with Gasteiger partial charge in [-0.1, -0.05) is 0 Å². The number of amides is 2. The first-order valence-electron chi connectivity index (χ1n) is 7.49. The van der Waals surface area contributed by atoms with Gasteiger partial charge in [0.25, 0.3) is 0 Å². The number of nitrogens with zero attached hydrogens (tertiary/aromatic N) is 1. The van der Waals surface area contributed by atoms with Gasteiger partial charge in [-0.25, -0.2) is 0 Å². The fourth-order valence-electron chi connectivity index (χ4n) is 2.93. The number of hydrogen-bond donors (Lipinski definition) is 2. The highest BCUT2D eigenvalue weighted by Gasteiger charge is 2.26. The Bertz CT molecular complexity index is 352. The molecule has 0 unspecified atom stereocenters. The third-order valence-electron chi connectivity index (χ3n) is 3.73. The van der Waals surface area contributed by atoms with E-state index in [4.69, 9.17) is 4.74 Å². The first-order valence-corrected chi connectivity index (χ1v) is 7.49. The van der Waals surface area contributed by atoms with Gasteiger partial charge in [-0.2, -0.15) is 0 Å². The maximum Gasteiger partial charge on any atom is 0.242 e. The summed E-state index contributed by atoms with van der Waals surface area (Å²) < 4.78 is 5.64. The number of nitrogens with one attached hydrogen (secondary N) is 2. The highest BCUT2D eigenvalue weighted by Crippen LogP contribution is 2.10. The fourth-order valence-corrected chi connectivity index (χ4v) is 2.93. The summed E-state index contributed by atoms with van der Waals surface area (Å²) in [4.78, 5) is 25.9. The molecule has 6 heteroatoms. The van der Waals surface area contributed by atoms with Crippen LogP contribution >= 0.6 is 0 Å². The van der Waals surface area contributed by atoms with Crippen molar-refractivity contribution in [2.45, 2.75) is 51.4 Å². The summed E-state index contributed by atoms with van der Waals surface area (Å²) in [6.07, 6.45) is 2.97. The van der Waals surface area contributed by atoms with Gasteiger partial charge in [-0.05, 0) is 33.1 Å². The molecular formula is C14H25N3O3. The quantitative estimate of drug-likeness (QED) is 0.757. The summed E-state index contributed by atoms with van der Waals surface area (Å²) in [5, 5.41) is 5.68. The van der Waals surface area contributed by atoms with Crippen molar-refractivity contribution in [3.8, 4) is 0 Å². The molecule has 0 radical (unpaired) electrons. The number of rotatable bonds is 3. The van der Waals surface area contributed by atoms with E-state index in [9.17, 15) is 9.59 Å². The van der Waals surface area contributed by atoms with E-state index in [2.05, 4.69) is 15.5 Å². The molecule has 114 valence electrons. The van der Waals surface area contributed by atoms with Crippen LogP contribution in [0.4, 0.5) is 0 Å². The van der Waals surface area contributed by atoms with Gasteiger partial charge < -0.3 is 15.4 Å². The van der Waals surface area contributed by atoms with Crippen molar-refractivity contribution >= 4 is 11.8 Å². The van der Waals surface area contributed by atoms with Crippen LogP contribution in [0.15, 0.2) is 0 Å². The van der Waals surface area contributed by atoms with Crippen molar-refractivity contribution in [1.29, 1.82) is 0 Å². The van der Waals surface area contributed by atoms with Crippen molar-refractivity contribution in [3.05, 3.63) is 0 Å². The molecule has 0 aromatic heterocycles. The van der Waals surface area contributed by atoms with Crippen molar-refractivity contribution in [1.82, 2.24) is 15.5 Å². The van der Waals surface area contributed by atoms with Gasteiger partial charge in [0.15, 0.2) is 0 Å². The zero-order valence-corrected chi connectivity index (χ0v) is 12.4. The SMILES string of the molecule is C[C@@H]1CN(CC(=O)N[C@H]2CCCCNC2=O)C[C@@H](C)O1. The average Bonchev–Trinajstić information content (AvgIpc) is 2.53. The Morgan fingerprint density at radius 2 is 2.05 bits per heavy atom. The summed E-state index contributed by atoms with van der Waals surface area (Å²) in [6.45, 7) is 6.59. The average molecular weight is 283 g/mol. The third-order valence-corrected chi connectivity index (χ3v) is 3.73. The molecule has 0 aliphatic carbocycles. The lowest BCUT2D eigenvalue weighted by Gasteiger charge is -2.35. The molecule has 0 aromatic rings. The minimum absolute atomic E-state index is 0.0560. The standard InChI is InChI=1S/C14H25N3O3/c1-10-7-17(8-11(2)20-10)9-13(18)16-12-5-3-4-6-15-14(12)19/h10-12H,3-9H2,1-2H3,(H,15,19)(H,16,18)/t10-,11-,12+/m1/s1. The van der Waals surface area contributed by atoms with Crippen LogP contribution in [0.5, 0.6) is 0 Å². The van der Waals surface area contributed by atoms with Gasteiger partial charge in [0.2, 0.25) is 11.8 Å². The van der Waals surface area contributed by atoms with Gasteiger partial charge in [-0.3, -0.25) is 14.5 Å². The smallest absolute Gasteiger partial charge is 0.242 e. The molecule has 0 saturated carbocycles. The highest BCUT2D eigenvalue weighted by molar-refractivity contribution is 5.88. The number of ether oxygens (including phenoxy) is 1. The van der Waals surface area contributed by atoms with E-state index in [0.29, 0.717) is 13.1 Å². The Hall–Kier alpha value is -1.14. The van der Waals surface area contributed by atoms with Crippen molar-refractivity contribution in [2.24, 2.45) is 0 Å². The summed E-state index contributed by atoms with van der Waals surface area (Å²) in [7, 11) is 0. The summed E-state index contributed by atoms with van der Waals surface area (Å²) in [5.74, 6) is -0.132. The Kier molecular flexibility index (Phi) is 5.37. The predicted octanol–water partition coefficient (Wildman–Crippen LogP) is -0.119. The van der Waals surface area contributed by atoms with Crippen LogP contribution < -0.4 is 10.6 Å². The number of morpholine rings is 1. The Labute approximate surface area is 120 Å². The molecule has 6 nitrogen and oxygen atoms in total. The molecular weight excluding hydrogens is 258 g/mol. The number of hydrogen-bond acceptors (Lipinski definition) is 4. The van der Waals surface area contributed by atoms with Crippen LogP contribution in [0.1, 0.15) is 33.1 Å². The van der Waals surface area contributed by atoms with E-state index >= 15 is 0 Å². The molecule has 2 heterocycles. The minimum atomic E-state index is -0.374. The molecule has 2 amide bonds. The van der Waals surface area contributed by atoms with E-state index in [1.807, 2.05) is 13.8 Å². The Morgan fingerprint density at radius 1 is 1.35 bits per heavy atom. The maximum atomic E-state index is 12.1. The first-order chi connectivity index (χ1) is 9.54. The van der Waals surface area contributed by atoms with Gasteiger partial charge in [-0.15, -0.1) is 0 Å².